The Labute approximate surface area is 277 Å². The van der Waals surface area contributed by atoms with Crippen molar-refractivity contribution in [3.8, 4) is 16.9 Å². The van der Waals surface area contributed by atoms with E-state index in [1.54, 1.807) is 24.1 Å². The molecule has 2 aliphatic rings. The number of hydrogen-bond acceptors (Lipinski definition) is 5. The molecule has 1 aliphatic heterocycles. The van der Waals surface area contributed by atoms with Gasteiger partial charge in [0.2, 0.25) is 0 Å². The first-order chi connectivity index (χ1) is 22.6. The van der Waals surface area contributed by atoms with Crippen LogP contribution >= 0.6 is 0 Å². The van der Waals surface area contributed by atoms with E-state index in [2.05, 4.69) is 41.1 Å². The number of nitrogens with zero attached hydrogens (tertiary/aromatic N) is 3. The first kappa shape index (κ1) is 32.4. The molecule has 1 aromatic heterocycles. The molecule has 246 valence electrons. The molecular weight excluding hydrogens is 590 g/mol. The summed E-state index contributed by atoms with van der Waals surface area (Å²) in [6.45, 7) is 8.25. The summed E-state index contributed by atoms with van der Waals surface area (Å²) < 4.78 is 13.3. The second-order valence-electron chi connectivity index (χ2n) is 13.6. The van der Waals surface area contributed by atoms with Crippen molar-refractivity contribution in [3.05, 3.63) is 95.7 Å². The Hall–Kier alpha value is -4.56. The molecule has 1 N–H and O–H groups in total. The number of rotatable bonds is 10. The standard InChI is InChI=1S/C39H45N3O5/c1-39(2,3)47-38(45)41-21-19-33(29-10-7-9-28(23-29)27-13-17-32(43)18-14-27)35(26-41)37(44)42(31-15-16-31)25-30-24-40(20-8-22-46-4)36-12-6-5-11-34(30)36/h5-7,9-14,17-18,23-24,31,43H,8,15-16,19-22,25-26H2,1-4H3. The first-order valence-electron chi connectivity index (χ1n) is 16.6. The number of para-hydroxylation sites is 1. The summed E-state index contributed by atoms with van der Waals surface area (Å²) in [4.78, 5) is 31.8. The zero-order chi connectivity index (χ0) is 33.1. The minimum Gasteiger partial charge on any atom is -0.508 e. The molecule has 1 aliphatic carbocycles. The van der Waals surface area contributed by atoms with Gasteiger partial charge >= 0.3 is 6.09 Å². The van der Waals surface area contributed by atoms with Gasteiger partial charge in [-0.1, -0.05) is 48.5 Å². The van der Waals surface area contributed by atoms with E-state index in [1.807, 2.05) is 56.0 Å². The number of methoxy groups -OCH3 is 1. The molecule has 47 heavy (non-hydrogen) atoms. The van der Waals surface area contributed by atoms with E-state index < -0.39 is 11.7 Å². The Morgan fingerprint density at radius 1 is 0.957 bits per heavy atom. The number of ether oxygens (including phenoxy) is 2. The van der Waals surface area contributed by atoms with Gasteiger partial charge in [0.05, 0.1) is 6.54 Å². The third-order valence-corrected chi connectivity index (χ3v) is 8.87. The smallest absolute Gasteiger partial charge is 0.410 e. The van der Waals surface area contributed by atoms with Crippen molar-refractivity contribution in [2.45, 2.75) is 71.2 Å². The van der Waals surface area contributed by atoms with Gasteiger partial charge in [-0.3, -0.25) is 4.79 Å². The average Bonchev–Trinajstić information content (AvgIpc) is 3.85. The normalized spacial score (nSPS) is 15.3. The molecule has 4 aromatic rings. The fourth-order valence-corrected chi connectivity index (χ4v) is 6.42. The van der Waals surface area contributed by atoms with Gasteiger partial charge in [-0.2, -0.15) is 0 Å². The van der Waals surface area contributed by atoms with Gasteiger partial charge in [0, 0.05) is 62.1 Å². The van der Waals surface area contributed by atoms with Gasteiger partial charge in [-0.15, -0.1) is 0 Å². The van der Waals surface area contributed by atoms with Gasteiger partial charge in [-0.05, 0) is 98.5 Å². The fourth-order valence-electron chi connectivity index (χ4n) is 6.42. The summed E-state index contributed by atoms with van der Waals surface area (Å²) in [5.74, 6) is 0.190. The van der Waals surface area contributed by atoms with Crippen LogP contribution in [-0.4, -0.2) is 69.9 Å². The summed E-state index contributed by atoms with van der Waals surface area (Å²) in [5.41, 5.74) is 6.18. The zero-order valence-electron chi connectivity index (χ0n) is 27.9. The van der Waals surface area contributed by atoms with Crippen LogP contribution in [0.2, 0.25) is 0 Å². The van der Waals surface area contributed by atoms with Crippen molar-refractivity contribution in [1.82, 2.24) is 14.4 Å². The molecule has 0 atom stereocenters. The Morgan fingerprint density at radius 3 is 2.43 bits per heavy atom. The molecule has 8 nitrogen and oxygen atoms in total. The van der Waals surface area contributed by atoms with E-state index in [4.69, 9.17) is 9.47 Å². The predicted octanol–water partition coefficient (Wildman–Crippen LogP) is 7.64. The first-order valence-corrected chi connectivity index (χ1v) is 16.6. The van der Waals surface area contributed by atoms with E-state index in [0.717, 1.165) is 64.5 Å². The van der Waals surface area contributed by atoms with Crippen LogP contribution in [0, 0.1) is 0 Å². The minimum atomic E-state index is -0.638. The van der Waals surface area contributed by atoms with Gasteiger partial charge in [0.1, 0.15) is 11.4 Å². The number of carbonyl (C=O) groups is 2. The number of aromatic nitrogens is 1. The lowest BCUT2D eigenvalue weighted by molar-refractivity contribution is -0.128. The molecule has 0 saturated heterocycles. The number of aryl methyl sites for hydroxylation is 1. The third-order valence-electron chi connectivity index (χ3n) is 8.87. The van der Waals surface area contributed by atoms with E-state index in [0.29, 0.717) is 31.7 Å². The van der Waals surface area contributed by atoms with Gasteiger partial charge < -0.3 is 28.9 Å². The van der Waals surface area contributed by atoms with Crippen molar-refractivity contribution in [1.29, 1.82) is 0 Å². The van der Waals surface area contributed by atoms with Gasteiger partial charge in [0.15, 0.2) is 0 Å². The predicted molar refractivity (Wildman–Crippen MR) is 185 cm³/mol. The molecule has 0 bridgehead atoms. The molecule has 2 heterocycles. The van der Waals surface area contributed by atoms with Crippen molar-refractivity contribution in [3.63, 3.8) is 0 Å². The molecule has 2 amide bonds. The Bertz CT molecular complexity index is 1780. The lowest BCUT2D eigenvalue weighted by Gasteiger charge is -2.34. The number of benzene rings is 3. The monoisotopic (exact) mass is 635 g/mol. The number of phenolic OH excluding ortho intramolecular Hbond substituents is 1. The third kappa shape index (κ3) is 7.54. The topological polar surface area (TPSA) is 84.2 Å². The Balaban J connectivity index is 1.37. The molecular formula is C39H45N3O5. The van der Waals surface area contributed by atoms with Gasteiger partial charge in [0.25, 0.3) is 5.91 Å². The Morgan fingerprint density at radius 2 is 1.70 bits per heavy atom. The summed E-state index contributed by atoms with van der Waals surface area (Å²) >= 11 is 0. The lowest BCUT2D eigenvalue weighted by Crippen LogP contribution is -2.44. The summed E-state index contributed by atoms with van der Waals surface area (Å²) in [5, 5.41) is 11.0. The summed E-state index contributed by atoms with van der Waals surface area (Å²) in [7, 11) is 1.72. The molecule has 8 heteroatoms. The van der Waals surface area contributed by atoms with Crippen LogP contribution in [0.5, 0.6) is 5.75 Å². The number of phenols is 1. The summed E-state index contributed by atoms with van der Waals surface area (Å²) in [6.07, 6.45) is 5.15. The molecule has 1 fully saturated rings. The number of carbonyl (C=O) groups excluding carboxylic acids is 2. The van der Waals surface area contributed by atoms with Crippen LogP contribution < -0.4 is 0 Å². The number of fused-ring (bicyclic) bond motifs is 1. The Kier molecular flexibility index (Phi) is 9.41. The highest BCUT2D eigenvalue weighted by Crippen LogP contribution is 2.37. The van der Waals surface area contributed by atoms with Crippen LogP contribution in [0.25, 0.3) is 27.6 Å². The van der Waals surface area contributed by atoms with E-state index in [1.165, 1.54) is 0 Å². The highest BCUT2D eigenvalue weighted by atomic mass is 16.6. The molecule has 6 rings (SSSR count). The number of aromatic hydroxyl groups is 1. The van der Waals surface area contributed by atoms with Crippen LogP contribution in [-0.2, 0) is 27.4 Å². The van der Waals surface area contributed by atoms with Crippen LogP contribution in [0.4, 0.5) is 4.79 Å². The number of amides is 2. The van der Waals surface area contributed by atoms with Crippen molar-refractivity contribution in [2.75, 3.05) is 26.8 Å². The maximum atomic E-state index is 14.8. The molecule has 0 radical (unpaired) electrons. The summed E-state index contributed by atoms with van der Waals surface area (Å²) in [6, 6.07) is 23.9. The van der Waals surface area contributed by atoms with E-state index >= 15 is 0 Å². The highest BCUT2D eigenvalue weighted by molar-refractivity contribution is 6.03. The van der Waals surface area contributed by atoms with Crippen LogP contribution in [0.15, 0.2) is 84.6 Å². The highest BCUT2D eigenvalue weighted by Gasteiger charge is 2.38. The minimum absolute atomic E-state index is 0.0259. The van der Waals surface area contributed by atoms with Crippen LogP contribution in [0.3, 0.4) is 0 Å². The maximum Gasteiger partial charge on any atom is 0.410 e. The quantitative estimate of drug-likeness (QED) is 0.181. The van der Waals surface area contributed by atoms with E-state index in [9.17, 15) is 14.7 Å². The van der Waals surface area contributed by atoms with Crippen molar-refractivity contribution in [2.24, 2.45) is 0 Å². The number of hydrogen-bond donors (Lipinski definition) is 1. The molecule has 0 unspecified atom stereocenters. The average molecular weight is 636 g/mol. The fraction of sp³-hybridized carbons (Fsp3) is 0.385. The maximum absolute atomic E-state index is 14.8. The van der Waals surface area contributed by atoms with Crippen LogP contribution in [0.1, 0.15) is 57.6 Å². The molecule has 3 aromatic carbocycles. The largest absolute Gasteiger partial charge is 0.508 e. The molecule has 1 saturated carbocycles. The van der Waals surface area contributed by atoms with Crippen molar-refractivity contribution >= 4 is 28.5 Å². The zero-order valence-corrected chi connectivity index (χ0v) is 27.9. The van der Waals surface area contributed by atoms with Gasteiger partial charge in [-0.25, -0.2) is 4.79 Å². The van der Waals surface area contributed by atoms with Crippen molar-refractivity contribution < 1.29 is 24.2 Å². The second kappa shape index (κ2) is 13.7. The van der Waals surface area contributed by atoms with E-state index in [-0.39, 0.29) is 24.2 Å². The second-order valence-corrected chi connectivity index (χ2v) is 13.6. The lowest BCUT2D eigenvalue weighted by atomic mass is 9.90. The SMILES string of the molecule is COCCCn1cc(CN(C(=O)C2=C(c3cccc(-c4ccc(O)cc4)c3)CCN(C(=O)OC(C)(C)C)C2)C2CC2)c2ccccc21. The molecule has 0 spiro atoms.